The number of rotatable bonds is 4. The molecule has 3 fully saturated rings. The second-order valence-corrected chi connectivity index (χ2v) is 5.73. The van der Waals surface area contributed by atoms with Crippen molar-refractivity contribution in [2.24, 2.45) is 0 Å². The van der Waals surface area contributed by atoms with E-state index in [9.17, 15) is 0 Å². The van der Waals surface area contributed by atoms with E-state index < -0.39 is 0 Å². The van der Waals surface area contributed by atoms with Crippen LogP contribution in [0.3, 0.4) is 0 Å². The van der Waals surface area contributed by atoms with E-state index >= 15 is 0 Å². The van der Waals surface area contributed by atoms with Crippen molar-refractivity contribution in [3.05, 3.63) is 0 Å². The third-order valence-electron chi connectivity index (χ3n) is 4.43. The maximum atomic E-state index is 5.84. The molecule has 0 bridgehead atoms. The molecule has 3 aliphatic heterocycles. The van der Waals surface area contributed by atoms with Gasteiger partial charge in [-0.05, 0) is 25.7 Å². The average molecular weight is 271 g/mol. The normalized spacial score (nSPS) is 36.9. The van der Waals surface area contributed by atoms with Crippen LogP contribution in [0, 0.1) is 0 Å². The van der Waals surface area contributed by atoms with E-state index in [0.717, 1.165) is 65.6 Å². The van der Waals surface area contributed by atoms with Crippen molar-refractivity contribution >= 4 is 0 Å². The van der Waals surface area contributed by atoms with Crippen LogP contribution in [0.2, 0.25) is 0 Å². The quantitative estimate of drug-likeness (QED) is 0.763. The minimum atomic E-state index is 0.0190. The fourth-order valence-corrected chi connectivity index (χ4v) is 3.21. The summed E-state index contributed by atoms with van der Waals surface area (Å²) in [5, 5.41) is 0. The maximum Gasteiger partial charge on any atom is 0.157 e. The predicted molar refractivity (Wildman–Crippen MR) is 70.1 cm³/mol. The minimum absolute atomic E-state index is 0.0190. The van der Waals surface area contributed by atoms with Gasteiger partial charge in [0.2, 0.25) is 0 Å². The Hall–Kier alpha value is -0.200. The fraction of sp³-hybridized carbons (Fsp3) is 1.00. The van der Waals surface area contributed by atoms with Crippen LogP contribution in [-0.2, 0) is 18.9 Å². The molecule has 0 radical (unpaired) electrons. The molecule has 2 atom stereocenters. The summed E-state index contributed by atoms with van der Waals surface area (Å²) in [5.41, 5.74) is 0.106. The van der Waals surface area contributed by atoms with Crippen molar-refractivity contribution in [1.82, 2.24) is 4.90 Å². The van der Waals surface area contributed by atoms with Gasteiger partial charge in [0.15, 0.2) is 6.29 Å². The summed E-state index contributed by atoms with van der Waals surface area (Å²) >= 11 is 0. The van der Waals surface area contributed by atoms with Crippen LogP contribution in [0.4, 0.5) is 0 Å². The van der Waals surface area contributed by atoms with Gasteiger partial charge < -0.3 is 18.9 Å². The number of hydrogen-bond donors (Lipinski definition) is 0. The Morgan fingerprint density at radius 2 is 2.00 bits per heavy atom. The minimum Gasteiger partial charge on any atom is -0.379 e. The number of morpholine rings is 1. The highest BCUT2D eigenvalue weighted by molar-refractivity contribution is 4.96. The molecule has 0 aliphatic carbocycles. The molecule has 19 heavy (non-hydrogen) atoms. The third kappa shape index (κ3) is 3.28. The molecule has 1 spiro atoms. The summed E-state index contributed by atoms with van der Waals surface area (Å²) in [7, 11) is 0. The highest BCUT2D eigenvalue weighted by atomic mass is 16.7. The molecule has 0 N–H and O–H groups in total. The predicted octanol–water partition coefficient (Wildman–Crippen LogP) is 1.02. The molecule has 0 aromatic carbocycles. The smallest absolute Gasteiger partial charge is 0.157 e. The first kappa shape index (κ1) is 13.8. The Kier molecular flexibility index (Phi) is 4.71. The molecular formula is C14H25NO4. The van der Waals surface area contributed by atoms with Gasteiger partial charge in [-0.1, -0.05) is 0 Å². The van der Waals surface area contributed by atoms with Gasteiger partial charge in [0.05, 0.1) is 32.0 Å². The topological polar surface area (TPSA) is 40.2 Å². The lowest BCUT2D eigenvalue weighted by molar-refractivity contribution is -0.170. The van der Waals surface area contributed by atoms with Gasteiger partial charge in [0.1, 0.15) is 0 Å². The Morgan fingerprint density at radius 1 is 1.11 bits per heavy atom. The molecule has 0 aromatic heterocycles. The van der Waals surface area contributed by atoms with E-state index in [4.69, 9.17) is 18.9 Å². The van der Waals surface area contributed by atoms with E-state index in [2.05, 4.69) is 4.90 Å². The van der Waals surface area contributed by atoms with E-state index in [-0.39, 0.29) is 11.8 Å². The Balaban J connectivity index is 1.45. The molecule has 0 amide bonds. The van der Waals surface area contributed by atoms with Gasteiger partial charge in [0, 0.05) is 26.3 Å². The fourth-order valence-electron chi connectivity index (χ4n) is 3.21. The highest BCUT2D eigenvalue weighted by Gasteiger charge is 2.42. The summed E-state index contributed by atoms with van der Waals surface area (Å²) < 4.78 is 22.7. The summed E-state index contributed by atoms with van der Waals surface area (Å²) in [6.45, 7) is 6.80. The van der Waals surface area contributed by atoms with Crippen LogP contribution in [0.15, 0.2) is 0 Å². The molecule has 5 nitrogen and oxygen atoms in total. The largest absolute Gasteiger partial charge is 0.379 e. The molecule has 3 rings (SSSR count). The van der Waals surface area contributed by atoms with Crippen LogP contribution in [-0.4, -0.2) is 69.5 Å². The van der Waals surface area contributed by atoms with E-state index in [0.29, 0.717) is 0 Å². The Morgan fingerprint density at radius 3 is 2.79 bits per heavy atom. The third-order valence-corrected chi connectivity index (χ3v) is 4.43. The van der Waals surface area contributed by atoms with Gasteiger partial charge in [-0.2, -0.15) is 0 Å². The summed E-state index contributed by atoms with van der Waals surface area (Å²) in [6.07, 6.45) is 4.53. The summed E-state index contributed by atoms with van der Waals surface area (Å²) in [6, 6.07) is 0. The molecule has 3 aliphatic rings. The summed E-state index contributed by atoms with van der Waals surface area (Å²) in [5.74, 6) is 0. The zero-order chi connectivity index (χ0) is 13.0. The average Bonchev–Trinajstić information content (AvgIpc) is 2.92. The van der Waals surface area contributed by atoms with Gasteiger partial charge in [-0.3, -0.25) is 4.90 Å². The molecule has 3 heterocycles. The van der Waals surface area contributed by atoms with Crippen molar-refractivity contribution in [3.8, 4) is 0 Å². The zero-order valence-electron chi connectivity index (χ0n) is 11.6. The van der Waals surface area contributed by atoms with Gasteiger partial charge in [-0.15, -0.1) is 0 Å². The lowest BCUT2D eigenvalue weighted by Gasteiger charge is -2.43. The monoisotopic (exact) mass is 271 g/mol. The Labute approximate surface area is 115 Å². The van der Waals surface area contributed by atoms with Crippen LogP contribution < -0.4 is 0 Å². The maximum absolute atomic E-state index is 5.84. The number of ether oxygens (including phenoxy) is 4. The molecular weight excluding hydrogens is 246 g/mol. The van der Waals surface area contributed by atoms with Gasteiger partial charge in [0.25, 0.3) is 0 Å². The van der Waals surface area contributed by atoms with Crippen LogP contribution in [0.1, 0.15) is 25.7 Å². The van der Waals surface area contributed by atoms with Crippen LogP contribution in [0.5, 0.6) is 0 Å². The first-order valence-electron chi connectivity index (χ1n) is 7.53. The van der Waals surface area contributed by atoms with Gasteiger partial charge in [-0.25, -0.2) is 0 Å². The second-order valence-electron chi connectivity index (χ2n) is 5.73. The lowest BCUT2D eigenvalue weighted by atomic mass is 9.96. The van der Waals surface area contributed by atoms with Crippen molar-refractivity contribution in [1.29, 1.82) is 0 Å². The van der Waals surface area contributed by atoms with Gasteiger partial charge >= 0.3 is 0 Å². The van der Waals surface area contributed by atoms with E-state index in [1.165, 1.54) is 12.8 Å². The molecule has 0 unspecified atom stereocenters. The molecule has 5 heteroatoms. The first-order valence-corrected chi connectivity index (χ1v) is 7.53. The van der Waals surface area contributed by atoms with E-state index in [1.807, 2.05) is 0 Å². The van der Waals surface area contributed by atoms with E-state index in [1.54, 1.807) is 0 Å². The summed E-state index contributed by atoms with van der Waals surface area (Å²) in [4.78, 5) is 2.49. The second kappa shape index (κ2) is 6.50. The number of nitrogens with zero attached hydrogens (tertiary/aromatic N) is 1. The standard InChI is InChI=1S/C14H25NO4/c1-2-7-18-13(3-1)19-10-6-15-5-9-17-12-14(15)4-8-16-11-14/h13H,1-12H2/t13-,14+/m1/s1. The SMILES string of the molecule is C1CC[C@@H](OCCN2CCOC[C@@]23CCOC3)OC1. The molecule has 3 saturated heterocycles. The molecule has 0 aromatic rings. The lowest BCUT2D eigenvalue weighted by Crippen LogP contribution is -2.58. The molecule has 0 saturated carbocycles. The van der Waals surface area contributed by atoms with Crippen LogP contribution >= 0.6 is 0 Å². The van der Waals surface area contributed by atoms with Crippen molar-refractivity contribution in [2.75, 3.05) is 52.7 Å². The highest BCUT2D eigenvalue weighted by Crippen LogP contribution is 2.29. The van der Waals surface area contributed by atoms with Crippen molar-refractivity contribution < 1.29 is 18.9 Å². The van der Waals surface area contributed by atoms with Crippen molar-refractivity contribution in [2.45, 2.75) is 37.5 Å². The first-order chi connectivity index (χ1) is 9.39. The Bertz CT molecular complexity index is 275. The number of hydrogen-bond acceptors (Lipinski definition) is 5. The molecule has 110 valence electrons. The van der Waals surface area contributed by atoms with Crippen molar-refractivity contribution in [3.63, 3.8) is 0 Å². The zero-order valence-corrected chi connectivity index (χ0v) is 11.6. The van der Waals surface area contributed by atoms with Crippen LogP contribution in [0.25, 0.3) is 0 Å².